The van der Waals surface area contributed by atoms with Gasteiger partial charge in [-0.05, 0) is 13.0 Å². The maximum atomic E-state index is 12.3. The van der Waals surface area contributed by atoms with Gasteiger partial charge in [-0.1, -0.05) is 0 Å². The topological polar surface area (TPSA) is 58.4 Å². The molecule has 1 fully saturated rings. The number of thiazole rings is 1. The lowest BCUT2D eigenvalue weighted by Gasteiger charge is -2.31. The van der Waals surface area contributed by atoms with Crippen molar-refractivity contribution in [2.45, 2.75) is 13.0 Å². The van der Waals surface area contributed by atoms with Gasteiger partial charge in [-0.2, -0.15) is 0 Å². The largest absolute Gasteiger partial charge is 0.472 e. The SMILES string of the molecule is CC1CN(C(=O)c2csc(-c3ccoc3)n2)CCN1.Cl.Cl. The zero-order chi connectivity index (χ0) is 13.2. The highest BCUT2D eigenvalue weighted by atomic mass is 35.5. The second-order valence-corrected chi connectivity index (χ2v) is 5.51. The highest BCUT2D eigenvalue weighted by Gasteiger charge is 2.23. The van der Waals surface area contributed by atoms with Crippen molar-refractivity contribution in [3.8, 4) is 10.6 Å². The number of hydrogen-bond donors (Lipinski definition) is 1. The van der Waals surface area contributed by atoms with E-state index in [1.807, 2.05) is 16.3 Å². The van der Waals surface area contributed by atoms with E-state index in [1.54, 1.807) is 12.5 Å². The van der Waals surface area contributed by atoms with E-state index in [2.05, 4.69) is 17.2 Å². The first kappa shape index (κ1) is 18.0. The molecule has 1 saturated heterocycles. The number of nitrogens with one attached hydrogen (secondary N) is 1. The zero-order valence-corrected chi connectivity index (χ0v) is 13.9. The lowest BCUT2D eigenvalue weighted by molar-refractivity contribution is 0.0704. The van der Waals surface area contributed by atoms with E-state index in [-0.39, 0.29) is 30.7 Å². The van der Waals surface area contributed by atoms with Crippen LogP contribution in [0.2, 0.25) is 0 Å². The molecule has 21 heavy (non-hydrogen) atoms. The molecular weight excluding hydrogens is 333 g/mol. The second kappa shape index (κ2) is 7.79. The van der Waals surface area contributed by atoms with Gasteiger partial charge in [-0.15, -0.1) is 36.2 Å². The number of aromatic nitrogens is 1. The van der Waals surface area contributed by atoms with Crippen LogP contribution in [0.5, 0.6) is 0 Å². The van der Waals surface area contributed by atoms with E-state index in [9.17, 15) is 4.79 Å². The number of carbonyl (C=O) groups excluding carboxylic acids is 1. The highest BCUT2D eigenvalue weighted by molar-refractivity contribution is 7.13. The third-order valence-electron chi connectivity index (χ3n) is 3.15. The van der Waals surface area contributed by atoms with Gasteiger partial charge in [0.2, 0.25) is 0 Å². The lowest BCUT2D eigenvalue weighted by atomic mass is 10.2. The third kappa shape index (κ3) is 3.97. The molecule has 1 aliphatic rings. The van der Waals surface area contributed by atoms with Gasteiger partial charge in [0.1, 0.15) is 17.0 Å². The van der Waals surface area contributed by atoms with Crippen LogP contribution in [0.4, 0.5) is 0 Å². The maximum absolute atomic E-state index is 12.3. The molecule has 8 heteroatoms. The Hall–Kier alpha value is -1.08. The van der Waals surface area contributed by atoms with Crippen LogP contribution in [0.15, 0.2) is 28.4 Å². The monoisotopic (exact) mass is 349 g/mol. The number of nitrogens with zero attached hydrogens (tertiary/aromatic N) is 2. The van der Waals surface area contributed by atoms with Crippen LogP contribution < -0.4 is 5.32 Å². The number of rotatable bonds is 2. The summed E-state index contributed by atoms with van der Waals surface area (Å²) in [6, 6.07) is 2.18. The molecule has 5 nitrogen and oxygen atoms in total. The summed E-state index contributed by atoms with van der Waals surface area (Å²) in [6.45, 7) is 4.39. The van der Waals surface area contributed by atoms with Crippen LogP contribution >= 0.6 is 36.2 Å². The summed E-state index contributed by atoms with van der Waals surface area (Å²) in [5.41, 5.74) is 1.44. The van der Waals surface area contributed by atoms with Gasteiger partial charge in [0.25, 0.3) is 5.91 Å². The molecule has 0 spiro atoms. The Bertz CT molecular complexity index is 574. The van der Waals surface area contributed by atoms with E-state index in [0.717, 1.165) is 30.2 Å². The minimum atomic E-state index is 0. The fourth-order valence-corrected chi connectivity index (χ4v) is 2.95. The molecule has 116 valence electrons. The van der Waals surface area contributed by atoms with E-state index in [4.69, 9.17) is 4.42 Å². The van der Waals surface area contributed by atoms with Gasteiger partial charge < -0.3 is 14.6 Å². The molecular formula is C13H17Cl2N3O2S. The van der Waals surface area contributed by atoms with Crippen molar-refractivity contribution in [3.05, 3.63) is 29.7 Å². The van der Waals surface area contributed by atoms with Crippen LogP contribution in [0.3, 0.4) is 0 Å². The van der Waals surface area contributed by atoms with Gasteiger partial charge in [0.05, 0.1) is 6.26 Å². The Labute approximate surface area is 139 Å². The zero-order valence-electron chi connectivity index (χ0n) is 11.4. The van der Waals surface area contributed by atoms with Crippen LogP contribution in [0.25, 0.3) is 10.6 Å². The van der Waals surface area contributed by atoms with Crippen LogP contribution in [-0.2, 0) is 0 Å². The summed E-state index contributed by atoms with van der Waals surface area (Å²) < 4.78 is 5.03. The van der Waals surface area contributed by atoms with E-state index in [1.165, 1.54) is 11.3 Å². The molecule has 1 atom stereocenters. The summed E-state index contributed by atoms with van der Waals surface area (Å²) in [7, 11) is 0. The fraction of sp³-hybridized carbons (Fsp3) is 0.385. The summed E-state index contributed by atoms with van der Waals surface area (Å²) >= 11 is 1.47. The van der Waals surface area contributed by atoms with Gasteiger partial charge in [0.15, 0.2) is 0 Å². The van der Waals surface area contributed by atoms with E-state index >= 15 is 0 Å². The van der Waals surface area contributed by atoms with Crippen molar-refractivity contribution in [2.24, 2.45) is 0 Å². The average Bonchev–Trinajstić information content (AvgIpc) is 3.08. The molecule has 0 radical (unpaired) electrons. The predicted molar refractivity (Wildman–Crippen MR) is 87.7 cm³/mol. The first-order valence-corrected chi connectivity index (χ1v) is 7.13. The first-order valence-electron chi connectivity index (χ1n) is 6.25. The molecule has 1 aliphatic heterocycles. The fourth-order valence-electron chi connectivity index (χ4n) is 2.17. The Balaban J connectivity index is 0.00000110. The molecule has 0 aliphatic carbocycles. The quantitative estimate of drug-likeness (QED) is 0.905. The Morgan fingerprint density at radius 1 is 1.52 bits per heavy atom. The maximum Gasteiger partial charge on any atom is 0.273 e. The second-order valence-electron chi connectivity index (χ2n) is 4.66. The Morgan fingerprint density at radius 3 is 3.00 bits per heavy atom. The highest BCUT2D eigenvalue weighted by Crippen LogP contribution is 2.24. The van der Waals surface area contributed by atoms with E-state index < -0.39 is 0 Å². The molecule has 0 saturated carbocycles. The van der Waals surface area contributed by atoms with Crippen molar-refractivity contribution in [1.29, 1.82) is 0 Å². The molecule has 2 aromatic rings. The molecule has 1 N–H and O–H groups in total. The Morgan fingerprint density at radius 2 is 2.33 bits per heavy atom. The van der Waals surface area contributed by atoms with Gasteiger partial charge >= 0.3 is 0 Å². The van der Waals surface area contributed by atoms with Crippen LogP contribution in [0.1, 0.15) is 17.4 Å². The summed E-state index contributed by atoms with van der Waals surface area (Å²) in [4.78, 5) is 18.6. The molecule has 2 aromatic heterocycles. The standard InChI is InChI=1S/C13H15N3O2S.2ClH/c1-9-6-16(4-3-14-9)13(17)11-8-19-12(15-11)10-2-5-18-7-10;;/h2,5,7-9,14H,3-4,6H2,1H3;2*1H. The third-order valence-corrected chi connectivity index (χ3v) is 4.04. The molecule has 3 rings (SSSR count). The molecule has 1 amide bonds. The number of amides is 1. The molecule has 3 heterocycles. The van der Waals surface area contributed by atoms with Gasteiger partial charge in [0, 0.05) is 36.6 Å². The van der Waals surface area contributed by atoms with Gasteiger partial charge in [-0.3, -0.25) is 4.79 Å². The first-order chi connectivity index (χ1) is 9.24. The van der Waals surface area contributed by atoms with Crippen LogP contribution in [0, 0.1) is 0 Å². The minimum absolute atomic E-state index is 0. The predicted octanol–water partition coefficient (Wildman–Crippen LogP) is 2.68. The lowest BCUT2D eigenvalue weighted by Crippen LogP contribution is -2.51. The van der Waals surface area contributed by atoms with Gasteiger partial charge in [-0.25, -0.2) is 4.98 Å². The molecule has 0 aromatic carbocycles. The van der Waals surface area contributed by atoms with E-state index in [0.29, 0.717) is 11.7 Å². The summed E-state index contributed by atoms with van der Waals surface area (Å²) in [5.74, 6) is 0.0133. The normalized spacial score (nSPS) is 17.8. The summed E-state index contributed by atoms with van der Waals surface area (Å²) in [5, 5.41) is 5.96. The number of hydrogen-bond acceptors (Lipinski definition) is 5. The Kier molecular flexibility index (Phi) is 6.67. The van der Waals surface area contributed by atoms with Crippen molar-refractivity contribution in [2.75, 3.05) is 19.6 Å². The summed E-state index contributed by atoms with van der Waals surface area (Å²) in [6.07, 6.45) is 3.25. The number of furan rings is 1. The number of piperazine rings is 1. The van der Waals surface area contributed by atoms with Crippen LogP contribution in [-0.4, -0.2) is 41.5 Å². The minimum Gasteiger partial charge on any atom is -0.472 e. The average molecular weight is 350 g/mol. The number of carbonyl (C=O) groups is 1. The molecule has 1 unspecified atom stereocenters. The van der Waals surface area contributed by atoms with Crippen molar-refractivity contribution in [1.82, 2.24) is 15.2 Å². The number of halogens is 2. The van der Waals surface area contributed by atoms with Crippen molar-refractivity contribution < 1.29 is 9.21 Å². The smallest absolute Gasteiger partial charge is 0.273 e. The molecule has 0 bridgehead atoms. The van der Waals surface area contributed by atoms with Crippen molar-refractivity contribution >= 4 is 42.1 Å². The van der Waals surface area contributed by atoms with Crippen molar-refractivity contribution in [3.63, 3.8) is 0 Å².